The average Bonchev–Trinajstić information content (AvgIpc) is 1.72. The summed E-state index contributed by atoms with van der Waals surface area (Å²) in [4.78, 5) is 0. The van der Waals surface area contributed by atoms with E-state index < -0.39 is 0 Å². The zero-order chi connectivity index (χ0) is 4.24. The van der Waals surface area contributed by atoms with Crippen LogP contribution in [-0.2, 0) is 0 Å². The summed E-state index contributed by atoms with van der Waals surface area (Å²) in [6.07, 6.45) is 0. The molecular formula is C4H8NS. The topological polar surface area (TPSA) is 12.0 Å². The predicted octanol–water partition coefficient (Wildman–Crippen LogP) is 0.485. The highest BCUT2D eigenvalue weighted by atomic mass is 32.2. The summed E-state index contributed by atoms with van der Waals surface area (Å²) in [5.41, 5.74) is 0. The molecule has 0 spiro atoms. The van der Waals surface area contributed by atoms with E-state index in [0.29, 0.717) is 0 Å². The van der Waals surface area contributed by atoms with Gasteiger partial charge in [-0.2, -0.15) is 11.8 Å². The number of nitrogens with one attached hydrogen (secondary N) is 1. The van der Waals surface area contributed by atoms with E-state index in [1.807, 2.05) is 11.8 Å². The van der Waals surface area contributed by atoms with Gasteiger partial charge in [0.2, 0.25) is 0 Å². The third kappa shape index (κ3) is 1.19. The van der Waals surface area contributed by atoms with Gasteiger partial charge < -0.3 is 5.32 Å². The molecule has 0 saturated carbocycles. The van der Waals surface area contributed by atoms with Gasteiger partial charge >= 0.3 is 0 Å². The summed E-state index contributed by atoms with van der Waals surface area (Å²) in [5.74, 6) is 3.45. The van der Waals surface area contributed by atoms with Crippen LogP contribution in [0.5, 0.6) is 0 Å². The lowest BCUT2D eigenvalue weighted by molar-refractivity contribution is 0.784. The first-order chi connectivity index (χ1) is 3.00. The molecule has 0 aliphatic carbocycles. The first-order valence-corrected chi connectivity index (χ1v) is 3.19. The smallest absolute Gasteiger partial charge is 0.0304 e. The summed E-state index contributed by atoms with van der Waals surface area (Å²) < 4.78 is 0. The Hall–Kier alpha value is 0.310. The van der Waals surface area contributed by atoms with Crippen LogP contribution in [0.1, 0.15) is 0 Å². The fraction of sp³-hybridized carbons (Fsp3) is 0.750. The molecule has 6 heavy (non-hydrogen) atoms. The van der Waals surface area contributed by atoms with E-state index in [4.69, 9.17) is 0 Å². The molecule has 1 nitrogen and oxygen atoms in total. The van der Waals surface area contributed by atoms with Gasteiger partial charge in [-0.05, 0) is 0 Å². The molecule has 0 aromatic rings. The zero-order valence-corrected chi connectivity index (χ0v) is 4.42. The minimum Gasteiger partial charge on any atom is -0.315 e. The van der Waals surface area contributed by atoms with Crippen LogP contribution < -0.4 is 5.32 Å². The molecule has 0 bridgehead atoms. The minimum absolute atomic E-state index is 1.09. The first-order valence-electron chi connectivity index (χ1n) is 2.14. The Morgan fingerprint density at radius 3 is 2.83 bits per heavy atom. The Labute approximate surface area is 42.5 Å². The van der Waals surface area contributed by atoms with Crippen molar-refractivity contribution in [1.29, 1.82) is 0 Å². The van der Waals surface area contributed by atoms with Gasteiger partial charge in [-0.1, -0.05) is 0 Å². The Kier molecular flexibility index (Phi) is 1.85. The molecule has 1 fully saturated rings. The van der Waals surface area contributed by atoms with Crippen LogP contribution >= 0.6 is 11.8 Å². The molecule has 35 valence electrons. The van der Waals surface area contributed by atoms with Crippen molar-refractivity contribution < 1.29 is 0 Å². The number of hydrogen-bond donors (Lipinski definition) is 1. The molecule has 0 amide bonds. The SMILES string of the molecule is [CH]1CNCCS1. The monoisotopic (exact) mass is 102 g/mol. The molecule has 1 radical (unpaired) electrons. The van der Waals surface area contributed by atoms with E-state index in [9.17, 15) is 0 Å². The highest BCUT2D eigenvalue weighted by Crippen LogP contribution is 2.05. The van der Waals surface area contributed by atoms with Gasteiger partial charge in [0.1, 0.15) is 0 Å². The second-order valence-electron chi connectivity index (χ2n) is 1.24. The largest absolute Gasteiger partial charge is 0.315 e. The van der Waals surface area contributed by atoms with Crippen molar-refractivity contribution in [2.45, 2.75) is 0 Å². The maximum absolute atomic E-state index is 3.21. The van der Waals surface area contributed by atoms with Crippen LogP contribution in [0.2, 0.25) is 0 Å². The number of hydrogen-bond acceptors (Lipinski definition) is 2. The molecule has 0 aromatic heterocycles. The van der Waals surface area contributed by atoms with Crippen LogP contribution in [-0.4, -0.2) is 18.8 Å². The fourth-order valence-corrected chi connectivity index (χ4v) is 1.10. The molecule has 0 aromatic carbocycles. The quantitative estimate of drug-likeness (QED) is 0.477. The van der Waals surface area contributed by atoms with Gasteiger partial charge in [0.15, 0.2) is 0 Å². The van der Waals surface area contributed by atoms with Crippen LogP contribution in [0.3, 0.4) is 0 Å². The van der Waals surface area contributed by atoms with E-state index in [2.05, 4.69) is 11.1 Å². The van der Waals surface area contributed by atoms with E-state index in [-0.39, 0.29) is 0 Å². The highest BCUT2D eigenvalue weighted by Gasteiger charge is 1.94. The van der Waals surface area contributed by atoms with Crippen molar-refractivity contribution >= 4 is 11.8 Å². The summed E-state index contributed by atoms with van der Waals surface area (Å²) >= 11 is 1.91. The zero-order valence-electron chi connectivity index (χ0n) is 3.61. The van der Waals surface area contributed by atoms with E-state index in [0.717, 1.165) is 6.54 Å². The van der Waals surface area contributed by atoms with E-state index in [1.54, 1.807) is 0 Å². The lowest BCUT2D eigenvalue weighted by atomic mass is 10.6. The normalized spacial score (nSPS) is 24.0. The summed E-state index contributed by atoms with van der Waals surface area (Å²) in [6.45, 7) is 2.27. The minimum atomic E-state index is 1.09. The van der Waals surface area contributed by atoms with Gasteiger partial charge in [0.05, 0.1) is 0 Å². The highest BCUT2D eigenvalue weighted by molar-refractivity contribution is 8.01. The van der Waals surface area contributed by atoms with Gasteiger partial charge in [-0.25, -0.2) is 0 Å². The van der Waals surface area contributed by atoms with Crippen LogP contribution in [0, 0.1) is 5.75 Å². The Morgan fingerprint density at radius 1 is 1.67 bits per heavy atom. The Balaban J connectivity index is 2.00. The molecular weight excluding hydrogens is 94.1 g/mol. The van der Waals surface area contributed by atoms with Crippen LogP contribution in [0.25, 0.3) is 0 Å². The maximum atomic E-state index is 3.21. The summed E-state index contributed by atoms with van der Waals surface area (Å²) in [7, 11) is 0. The molecule has 2 heteroatoms. The van der Waals surface area contributed by atoms with E-state index >= 15 is 0 Å². The van der Waals surface area contributed by atoms with Crippen molar-refractivity contribution in [1.82, 2.24) is 5.32 Å². The van der Waals surface area contributed by atoms with Crippen molar-refractivity contribution in [2.24, 2.45) is 0 Å². The van der Waals surface area contributed by atoms with Crippen LogP contribution in [0.4, 0.5) is 0 Å². The van der Waals surface area contributed by atoms with Crippen LogP contribution in [0.15, 0.2) is 0 Å². The van der Waals surface area contributed by atoms with Gasteiger partial charge in [-0.3, -0.25) is 0 Å². The molecule has 1 heterocycles. The second-order valence-corrected chi connectivity index (χ2v) is 2.32. The van der Waals surface area contributed by atoms with E-state index in [1.165, 1.54) is 12.3 Å². The lowest BCUT2D eigenvalue weighted by Gasteiger charge is -2.08. The third-order valence-corrected chi connectivity index (χ3v) is 1.58. The molecule has 1 saturated heterocycles. The third-order valence-electron chi connectivity index (χ3n) is 0.742. The van der Waals surface area contributed by atoms with Crippen molar-refractivity contribution in [2.75, 3.05) is 18.8 Å². The first kappa shape index (κ1) is 4.47. The average molecular weight is 102 g/mol. The Bertz CT molecular complexity index is 23.0. The van der Waals surface area contributed by atoms with Gasteiger partial charge in [0.25, 0.3) is 0 Å². The molecule has 1 aliphatic heterocycles. The number of thioether (sulfide) groups is 1. The van der Waals surface area contributed by atoms with Gasteiger partial charge in [0, 0.05) is 24.6 Å². The Morgan fingerprint density at radius 2 is 2.67 bits per heavy atom. The molecule has 1 rings (SSSR count). The van der Waals surface area contributed by atoms with Crippen molar-refractivity contribution in [3.63, 3.8) is 0 Å². The molecule has 0 atom stereocenters. The fourth-order valence-electron chi connectivity index (χ4n) is 0.434. The van der Waals surface area contributed by atoms with Crippen molar-refractivity contribution in [3.05, 3.63) is 5.75 Å². The molecule has 1 aliphatic rings. The standard InChI is InChI=1S/C4H8NS/c1-3-6-4-2-5-1/h3,5H,1-2,4H2. The lowest BCUT2D eigenvalue weighted by Crippen LogP contribution is -2.22. The molecule has 1 N–H and O–H groups in total. The van der Waals surface area contributed by atoms with Crippen molar-refractivity contribution in [3.8, 4) is 0 Å². The molecule has 0 unspecified atom stereocenters. The summed E-state index contributed by atoms with van der Waals surface area (Å²) in [5, 5.41) is 3.21. The summed E-state index contributed by atoms with van der Waals surface area (Å²) in [6, 6.07) is 0. The maximum Gasteiger partial charge on any atom is 0.0304 e. The number of rotatable bonds is 0. The predicted molar refractivity (Wildman–Crippen MR) is 29.6 cm³/mol. The van der Waals surface area contributed by atoms with Gasteiger partial charge in [-0.15, -0.1) is 0 Å². The second kappa shape index (κ2) is 2.48.